The van der Waals surface area contributed by atoms with Crippen molar-refractivity contribution in [3.05, 3.63) is 28.2 Å². The minimum Gasteiger partial charge on any atom is -0.478 e. The molecule has 0 radical (unpaired) electrons. The number of benzene rings is 1. The first-order valence-electron chi connectivity index (χ1n) is 6.14. The number of hydrogen-bond acceptors (Lipinski definition) is 3. The lowest BCUT2D eigenvalue weighted by Crippen LogP contribution is -2.53. The summed E-state index contributed by atoms with van der Waals surface area (Å²) >= 11 is 3.28. The number of carboxylic acids is 1. The molecule has 4 nitrogen and oxygen atoms in total. The zero-order valence-corrected chi connectivity index (χ0v) is 12.7. The molecule has 1 aromatic rings. The standard InChI is InChI=1S/C13H16BBrO4/c1-8-7-13(2,3)19-14(18-8)11-5-4-9(15)6-10(11)12(16)17/h4-6,8H,7H2,1-3H3,(H,16,17)/t8-/m0/s1. The van der Waals surface area contributed by atoms with Crippen LogP contribution >= 0.6 is 15.9 Å². The average Bonchev–Trinajstić information content (AvgIpc) is 2.25. The van der Waals surface area contributed by atoms with E-state index < -0.39 is 13.1 Å². The van der Waals surface area contributed by atoms with Crippen LogP contribution in [0.2, 0.25) is 0 Å². The maximum Gasteiger partial charge on any atom is 0.495 e. The molecule has 1 fully saturated rings. The molecule has 1 heterocycles. The predicted molar refractivity (Wildman–Crippen MR) is 76.8 cm³/mol. The normalized spacial score (nSPS) is 22.3. The van der Waals surface area contributed by atoms with Crippen LogP contribution in [0.5, 0.6) is 0 Å². The summed E-state index contributed by atoms with van der Waals surface area (Å²) in [6.07, 6.45) is 0.807. The molecule has 1 aliphatic heterocycles. The second-order valence-corrected chi connectivity index (χ2v) is 6.31. The van der Waals surface area contributed by atoms with Crippen molar-refractivity contribution in [2.75, 3.05) is 0 Å². The van der Waals surface area contributed by atoms with E-state index in [1.54, 1.807) is 18.2 Å². The van der Waals surface area contributed by atoms with E-state index in [0.717, 1.165) is 10.9 Å². The second-order valence-electron chi connectivity index (χ2n) is 5.40. The van der Waals surface area contributed by atoms with Crippen molar-refractivity contribution in [1.29, 1.82) is 0 Å². The maximum absolute atomic E-state index is 11.3. The third kappa shape index (κ3) is 3.38. The molecule has 1 saturated heterocycles. The summed E-state index contributed by atoms with van der Waals surface area (Å²) in [5, 5.41) is 9.28. The van der Waals surface area contributed by atoms with Gasteiger partial charge in [-0.25, -0.2) is 4.79 Å². The zero-order valence-electron chi connectivity index (χ0n) is 11.1. The average molecular weight is 327 g/mol. The van der Waals surface area contributed by atoms with Gasteiger partial charge in [0.15, 0.2) is 0 Å². The smallest absolute Gasteiger partial charge is 0.478 e. The number of carboxylic acid groups (broad SMARTS) is 1. The number of rotatable bonds is 2. The fourth-order valence-electron chi connectivity index (χ4n) is 2.37. The lowest BCUT2D eigenvalue weighted by Gasteiger charge is -2.38. The Kier molecular flexibility index (Phi) is 4.04. The van der Waals surface area contributed by atoms with Gasteiger partial charge >= 0.3 is 13.1 Å². The molecule has 0 spiro atoms. The van der Waals surface area contributed by atoms with E-state index in [-0.39, 0.29) is 17.3 Å². The fourth-order valence-corrected chi connectivity index (χ4v) is 2.73. The molecule has 0 amide bonds. The molecular formula is C13H16BBrO4. The van der Waals surface area contributed by atoms with Crippen molar-refractivity contribution in [2.24, 2.45) is 0 Å². The summed E-state index contributed by atoms with van der Waals surface area (Å²) in [7, 11) is -0.641. The summed E-state index contributed by atoms with van der Waals surface area (Å²) in [5.41, 5.74) is 0.421. The van der Waals surface area contributed by atoms with Crippen molar-refractivity contribution >= 4 is 34.5 Å². The van der Waals surface area contributed by atoms with Crippen molar-refractivity contribution in [3.8, 4) is 0 Å². The Morgan fingerprint density at radius 3 is 2.79 bits per heavy atom. The molecule has 1 aromatic carbocycles. The Bertz CT molecular complexity index is 503. The quantitative estimate of drug-likeness (QED) is 0.848. The monoisotopic (exact) mass is 326 g/mol. The number of aromatic carboxylic acids is 1. The van der Waals surface area contributed by atoms with Crippen molar-refractivity contribution in [2.45, 2.75) is 38.9 Å². The summed E-state index contributed by atoms with van der Waals surface area (Å²) < 4.78 is 12.3. The summed E-state index contributed by atoms with van der Waals surface area (Å²) in [6.45, 7) is 5.94. The van der Waals surface area contributed by atoms with E-state index in [2.05, 4.69) is 15.9 Å². The SMILES string of the molecule is C[C@H]1CC(C)(C)OB(c2ccc(Br)cc2C(=O)O)O1. The topological polar surface area (TPSA) is 55.8 Å². The predicted octanol–water partition coefficient (Wildman–Crippen LogP) is 2.45. The summed E-state index contributed by atoms with van der Waals surface area (Å²) in [4.78, 5) is 11.3. The zero-order chi connectivity index (χ0) is 14.2. The number of hydrogen-bond donors (Lipinski definition) is 1. The number of carbonyl (C=O) groups is 1. The second kappa shape index (κ2) is 5.27. The molecule has 0 unspecified atom stereocenters. The van der Waals surface area contributed by atoms with Gasteiger partial charge < -0.3 is 14.4 Å². The highest BCUT2D eigenvalue weighted by molar-refractivity contribution is 9.10. The van der Waals surface area contributed by atoms with Crippen molar-refractivity contribution in [1.82, 2.24) is 0 Å². The third-order valence-corrected chi connectivity index (χ3v) is 3.55. The first-order chi connectivity index (χ1) is 8.78. The highest BCUT2D eigenvalue weighted by atomic mass is 79.9. The van der Waals surface area contributed by atoms with Gasteiger partial charge in [-0.2, -0.15) is 0 Å². The van der Waals surface area contributed by atoms with E-state index >= 15 is 0 Å². The van der Waals surface area contributed by atoms with Gasteiger partial charge in [-0.15, -0.1) is 0 Å². The lowest BCUT2D eigenvalue weighted by atomic mass is 9.72. The van der Waals surface area contributed by atoms with Crippen LogP contribution in [0.25, 0.3) is 0 Å². The Labute approximate surface area is 121 Å². The number of halogens is 1. The minimum atomic E-state index is -0.987. The molecule has 0 aromatic heterocycles. The van der Waals surface area contributed by atoms with E-state index in [1.807, 2.05) is 20.8 Å². The van der Waals surface area contributed by atoms with E-state index in [9.17, 15) is 9.90 Å². The third-order valence-electron chi connectivity index (χ3n) is 3.06. The first-order valence-corrected chi connectivity index (χ1v) is 6.94. The summed E-state index contributed by atoms with van der Waals surface area (Å²) in [6, 6.07) is 5.09. The highest BCUT2D eigenvalue weighted by Gasteiger charge is 2.39. The van der Waals surface area contributed by atoms with Gasteiger partial charge in [-0.1, -0.05) is 22.0 Å². The van der Waals surface area contributed by atoms with Gasteiger partial charge in [0.05, 0.1) is 11.2 Å². The lowest BCUT2D eigenvalue weighted by molar-refractivity contribution is -0.0231. The van der Waals surface area contributed by atoms with Crippen molar-refractivity contribution in [3.63, 3.8) is 0 Å². The van der Waals surface area contributed by atoms with Crippen molar-refractivity contribution < 1.29 is 19.2 Å². The fraction of sp³-hybridized carbons (Fsp3) is 0.462. The van der Waals surface area contributed by atoms with Crippen LogP contribution in [-0.2, 0) is 9.31 Å². The van der Waals surface area contributed by atoms with E-state index in [4.69, 9.17) is 9.31 Å². The highest BCUT2D eigenvalue weighted by Crippen LogP contribution is 2.26. The van der Waals surface area contributed by atoms with E-state index in [0.29, 0.717) is 5.46 Å². The Morgan fingerprint density at radius 2 is 2.21 bits per heavy atom. The molecule has 1 N–H and O–H groups in total. The van der Waals surface area contributed by atoms with Gasteiger partial charge in [0, 0.05) is 10.6 Å². The van der Waals surface area contributed by atoms with Crippen LogP contribution in [0, 0.1) is 0 Å². The largest absolute Gasteiger partial charge is 0.495 e. The first kappa shape index (κ1) is 14.6. The minimum absolute atomic E-state index is 0.0269. The van der Waals surface area contributed by atoms with Crippen LogP contribution in [0.1, 0.15) is 37.6 Å². The van der Waals surface area contributed by atoms with Gasteiger partial charge in [-0.3, -0.25) is 0 Å². The van der Waals surface area contributed by atoms with Gasteiger partial charge in [-0.05, 0) is 44.8 Å². The molecular weight excluding hydrogens is 311 g/mol. The van der Waals surface area contributed by atoms with Crippen LogP contribution in [0.3, 0.4) is 0 Å². The van der Waals surface area contributed by atoms with Crippen LogP contribution in [0.15, 0.2) is 22.7 Å². The Balaban J connectivity index is 2.38. The molecule has 102 valence electrons. The molecule has 6 heteroatoms. The Morgan fingerprint density at radius 1 is 1.53 bits per heavy atom. The van der Waals surface area contributed by atoms with Gasteiger partial charge in [0.2, 0.25) is 0 Å². The molecule has 19 heavy (non-hydrogen) atoms. The maximum atomic E-state index is 11.3. The molecule has 0 saturated carbocycles. The van der Waals surface area contributed by atoms with Crippen LogP contribution in [0.4, 0.5) is 0 Å². The Hall–Kier alpha value is -0.845. The van der Waals surface area contributed by atoms with Crippen LogP contribution in [-0.4, -0.2) is 29.9 Å². The molecule has 0 aliphatic carbocycles. The molecule has 1 atom stereocenters. The van der Waals surface area contributed by atoms with E-state index in [1.165, 1.54) is 0 Å². The molecule has 2 rings (SSSR count). The summed E-state index contributed by atoms with van der Waals surface area (Å²) in [5.74, 6) is -0.987. The van der Waals surface area contributed by atoms with Gasteiger partial charge in [0.25, 0.3) is 0 Å². The molecule has 0 bridgehead atoms. The van der Waals surface area contributed by atoms with Crippen LogP contribution < -0.4 is 5.46 Å². The van der Waals surface area contributed by atoms with Gasteiger partial charge in [0.1, 0.15) is 0 Å². The molecule has 1 aliphatic rings.